The van der Waals surface area contributed by atoms with Gasteiger partial charge in [0.2, 0.25) is 0 Å². The molecule has 0 bridgehead atoms. The molecule has 0 aromatic heterocycles. The molecule has 20 heavy (non-hydrogen) atoms. The summed E-state index contributed by atoms with van der Waals surface area (Å²) in [5.74, 6) is -0.422. The van der Waals surface area contributed by atoms with Crippen LogP contribution in [0.1, 0.15) is 30.6 Å². The average molecular weight is 278 g/mol. The standard InChI is InChI=1S/C15H22N2O3/c1-15(2)11(8-12(15)19-3)17-10-7-5-6-9(13(10)16)14(18)20-4/h5-7,11-12,17H,8,16H2,1-4H3. The monoisotopic (exact) mass is 278 g/mol. The highest BCUT2D eigenvalue weighted by molar-refractivity contribution is 5.98. The van der Waals surface area contributed by atoms with Crippen LogP contribution in [0.3, 0.4) is 0 Å². The number of carbonyl (C=O) groups is 1. The lowest BCUT2D eigenvalue weighted by atomic mass is 9.64. The molecule has 5 nitrogen and oxygen atoms in total. The zero-order chi connectivity index (χ0) is 14.9. The van der Waals surface area contributed by atoms with Crippen LogP contribution < -0.4 is 11.1 Å². The fourth-order valence-corrected chi connectivity index (χ4v) is 2.70. The van der Waals surface area contributed by atoms with E-state index in [1.54, 1.807) is 19.2 Å². The molecular weight excluding hydrogens is 256 g/mol. The lowest BCUT2D eigenvalue weighted by molar-refractivity contribution is -0.0794. The molecule has 0 aliphatic heterocycles. The molecule has 0 amide bonds. The van der Waals surface area contributed by atoms with Gasteiger partial charge in [-0.3, -0.25) is 0 Å². The number of nitrogen functional groups attached to an aromatic ring is 1. The van der Waals surface area contributed by atoms with Gasteiger partial charge in [0.05, 0.1) is 30.2 Å². The van der Waals surface area contributed by atoms with Gasteiger partial charge in [0.15, 0.2) is 0 Å². The van der Waals surface area contributed by atoms with Crippen LogP contribution >= 0.6 is 0 Å². The van der Waals surface area contributed by atoms with Crippen LogP contribution in [0.2, 0.25) is 0 Å². The molecule has 2 atom stereocenters. The van der Waals surface area contributed by atoms with E-state index in [0.29, 0.717) is 11.3 Å². The summed E-state index contributed by atoms with van der Waals surface area (Å²) in [7, 11) is 3.08. The highest BCUT2D eigenvalue weighted by atomic mass is 16.5. The van der Waals surface area contributed by atoms with Gasteiger partial charge in [-0.15, -0.1) is 0 Å². The number of esters is 1. The van der Waals surface area contributed by atoms with Crippen molar-refractivity contribution in [3.63, 3.8) is 0 Å². The van der Waals surface area contributed by atoms with Gasteiger partial charge in [-0.2, -0.15) is 0 Å². The SMILES string of the molecule is COC(=O)c1cccc(NC2CC(OC)C2(C)C)c1N. The Morgan fingerprint density at radius 2 is 2.10 bits per heavy atom. The molecule has 1 saturated carbocycles. The number of nitrogens with two attached hydrogens (primary N) is 1. The third kappa shape index (κ3) is 2.33. The minimum Gasteiger partial charge on any atom is -0.465 e. The number of hydrogen-bond donors (Lipinski definition) is 2. The van der Waals surface area contributed by atoms with Crippen LogP contribution in [0.25, 0.3) is 0 Å². The van der Waals surface area contributed by atoms with E-state index in [2.05, 4.69) is 19.2 Å². The summed E-state index contributed by atoms with van der Waals surface area (Å²) in [6, 6.07) is 5.60. The Morgan fingerprint density at radius 3 is 2.65 bits per heavy atom. The minimum atomic E-state index is -0.422. The first kappa shape index (κ1) is 14.7. The maximum Gasteiger partial charge on any atom is 0.340 e. The smallest absolute Gasteiger partial charge is 0.340 e. The van der Waals surface area contributed by atoms with Crippen molar-refractivity contribution in [2.75, 3.05) is 25.3 Å². The van der Waals surface area contributed by atoms with Crippen molar-refractivity contribution in [2.24, 2.45) is 5.41 Å². The van der Waals surface area contributed by atoms with Gasteiger partial charge >= 0.3 is 5.97 Å². The number of anilines is 2. The van der Waals surface area contributed by atoms with Crippen LogP contribution in [0.5, 0.6) is 0 Å². The first-order valence-electron chi connectivity index (χ1n) is 6.68. The predicted molar refractivity (Wildman–Crippen MR) is 78.8 cm³/mol. The number of carbonyl (C=O) groups excluding carboxylic acids is 1. The van der Waals surface area contributed by atoms with Crippen molar-refractivity contribution in [3.05, 3.63) is 23.8 Å². The molecule has 1 aliphatic rings. The molecule has 3 N–H and O–H groups in total. The Morgan fingerprint density at radius 1 is 1.40 bits per heavy atom. The van der Waals surface area contributed by atoms with Crippen molar-refractivity contribution in [1.82, 2.24) is 0 Å². The fourth-order valence-electron chi connectivity index (χ4n) is 2.70. The molecule has 0 saturated heterocycles. The molecule has 5 heteroatoms. The number of para-hydroxylation sites is 1. The molecule has 0 radical (unpaired) electrons. The fraction of sp³-hybridized carbons (Fsp3) is 0.533. The first-order valence-corrected chi connectivity index (χ1v) is 6.68. The van der Waals surface area contributed by atoms with Crippen molar-refractivity contribution in [1.29, 1.82) is 0 Å². The molecule has 1 aromatic carbocycles. The van der Waals surface area contributed by atoms with E-state index in [1.165, 1.54) is 7.11 Å². The van der Waals surface area contributed by atoms with Crippen LogP contribution in [0.15, 0.2) is 18.2 Å². The first-order chi connectivity index (χ1) is 9.41. The van der Waals surface area contributed by atoms with E-state index >= 15 is 0 Å². The molecule has 1 fully saturated rings. The molecule has 0 spiro atoms. The number of ether oxygens (including phenoxy) is 2. The van der Waals surface area contributed by atoms with Crippen molar-refractivity contribution >= 4 is 17.3 Å². The number of benzene rings is 1. The molecule has 0 heterocycles. The molecule has 1 aromatic rings. The van der Waals surface area contributed by atoms with Gasteiger partial charge in [0, 0.05) is 18.6 Å². The van der Waals surface area contributed by atoms with Crippen LogP contribution in [-0.4, -0.2) is 32.3 Å². The molecule has 110 valence electrons. The number of methoxy groups -OCH3 is 2. The van der Waals surface area contributed by atoms with Crippen LogP contribution in [0.4, 0.5) is 11.4 Å². The van der Waals surface area contributed by atoms with Crippen LogP contribution in [0, 0.1) is 5.41 Å². The largest absolute Gasteiger partial charge is 0.465 e. The van der Waals surface area contributed by atoms with Crippen LogP contribution in [-0.2, 0) is 9.47 Å². The summed E-state index contributed by atoms with van der Waals surface area (Å²) in [6.45, 7) is 4.31. The predicted octanol–water partition coefficient (Wildman–Crippen LogP) is 2.28. The average Bonchev–Trinajstić information content (AvgIpc) is 2.43. The second kappa shape index (κ2) is 5.32. The van der Waals surface area contributed by atoms with Gasteiger partial charge in [0.25, 0.3) is 0 Å². The Bertz CT molecular complexity index is 514. The summed E-state index contributed by atoms with van der Waals surface area (Å²) in [6.07, 6.45) is 1.16. The summed E-state index contributed by atoms with van der Waals surface area (Å²) >= 11 is 0. The molecule has 1 aliphatic carbocycles. The third-order valence-electron chi connectivity index (χ3n) is 4.30. The number of rotatable bonds is 4. The normalized spacial score (nSPS) is 23.8. The Hall–Kier alpha value is -1.75. The van der Waals surface area contributed by atoms with Crippen molar-refractivity contribution in [3.8, 4) is 0 Å². The lowest BCUT2D eigenvalue weighted by Gasteiger charge is -2.51. The van der Waals surface area contributed by atoms with Gasteiger partial charge in [0.1, 0.15) is 0 Å². The highest BCUT2D eigenvalue weighted by Crippen LogP contribution is 2.44. The molecular formula is C15H22N2O3. The lowest BCUT2D eigenvalue weighted by Crippen LogP contribution is -2.57. The topological polar surface area (TPSA) is 73.6 Å². The van der Waals surface area contributed by atoms with Crippen molar-refractivity contribution < 1.29 is 14.3 Å². The number of nitrogens with one attached hydrogen (secondary N) is 1. The van der Waals surface area contributed by atoms with E-state index in [9.17, 15) is 4.79 Å². The summed E-state index contributed by atoms with van der Waals surface area (Å²) in [4.78, 5) is 11.6. The summed E-state index contributed by atoms with van der Waals surface area (Å²) in [5, 5.41) is 3.41. The number of hydrogen-bond acceptors (Lipinski definition) is 5. The molecule has 2 unspecified atom stereocenters. The minimum absolute atomic E-state index is 0.0302. The quantitative estimate of drug-likeness (QED) is 0.653. The second-order valence-corrected chi connectivity index (χ2v) is 5.74. The Balaban J connectivity index is 2.18. The van der Waals surface area contributed by atoms with Gasteiger partial charge in [-0.25, -0.2) is 4.79 Å². The van der Waals surface area contributed by atoms with E-state index in [4.69, 9.17) is 15.2 Å². The summed E-state index contributed by atoms with van der Waals surface area (Å²) in [5.41, 5.74) is 7.66. The maximum atomic E-state index is 11.6. The second-order valence-electron chi connectivity index (χ2n) is 5.74. The van der Waals surface area contributed by atoms with E-state index in [1.807, 2.05) is 6.07 Å². The molecule has 2 rings (SSSR count). The zero-order valence-corrected chi connectivity index (χ0v) is 12.4. The zero-order valence-electron chi connectivity index (χ0n) is 12.4. The van der Waals surface area contributed by atoms with Gasteiger partial charge < -0.3 is 20.5 Å². The highest BCUT2D eigenvalue weighted by Gasteiger charge is 2.48. The van der Waals surface area contributed by atoms with Crippen molar-refractivity contribution in [2.45, 2.75) is 32.4 Å². The Labute approximate surface area is 119 Å². The third-order valence-corrected chi connectivity index (χ3v) is 4.30. The summed E-state index contributed by atoms with van der Waals surface area (Å²) < 4.78 is 10.2. The Kier molecular flexibility index (Phi) is 3.90. The maximum absolute atomic E-state index is 11.6. The van der Waals surface area contributed by atoms with E-state index in [-0.39, 0.29) is 17.6 Å². The van der Waals surface area contributed by atoms with Gasteiger partial charge in [-0.1, -0.05) is 19.9 Å². The van der Waals surface area contributed by atoms with Gasteiger partial charge in [-0.05, 0) is 18.6 Å². The van der Waals surface area contributed by atoms with E-state index < -0.39 is 5.97 Å². The van der Waals surface area contributed by atoms with E-state index in [0.717, 1.165) is 12.1 Å².